The molecular formula is C43H57N9O3. The third kappa shape index (κ3) is 8.80. The number of carbonyl (C=O) groups is 1. The Bertz CT molecular complexity index is 2070. The molecule has 7 rings (SSSR count). The van der Waals surface area contributed by atoms with Gasteiger partial charge in [0.1, 0.15) is 30.0 Å². The van der Waals surface area contributed by atoms with Gasteiger partial charge in [-0.1, -0.05) is 45.0 Å². The molecule has 12 nitrogen and oxygen atoms in total. The highest BCUT2D eigenvalue weighted by Crippen LogP contribution is 2.42. The van der Waals surface area contributed by atoms with Gasteiger partial charge in [-0.3, -0.25) is 14.2 Å². The van der Waals surface area contributed by atoms with Crippen LogP contribution in [0.5, 0.6) is 11.5 Å². The van der Waals surface area contributed by atoms with Crippen LogP contribution in [0.1, 0.15) is 115 Å². The lowest BCUT2D eigenvalue weighted by molar-refractivity contribution is -0.116. The van der Waals surface area contributed by atoms with Gasteiger partial charge in [-0.05, 0) is 102 Å². The molecule has 1 aromatic carbocycles. The van der Waals surface area contributed by atoms with Gasteiger partial charge >= 0.3 is 0 Å². The van der Waals surface area contributed by atoms with Gasteiger partial charge in [0.05, 0.1) is 30.0 Å². The van der Waals surface area contributed by atoms with E-state index in [0.717, 1.165) is 73.8 Å². The standard InChI is InChI=1S/C43H57N9O3/c1-29-12-10-13-30(2)51(29)42-47-46-39-21-19-33(28-50(39)42)55-37-20-18-31(35-15-8-9-16-36(35)37)14-11-17-41(53)45-40-25-38(43(3,4)5)48-52(40)32-24-34(27-44-26-32)54-23-22-49(6)7/h8-9,15-16,19,21,24-31,37H,10-14,17-18,20,22-23H2,1-7H3,(H,45,53)/t29-,30+,31-,37+/m0/s1. The van der Waals surface area contributed by atoms with E-state index in [0.29, 0.717) is 42.6 Å². The lowest BCUT2D eigenvalue weighted by atomic mass is 9.79. The summed E-state index contributed by atoms with van der Waals surface area (Å²) in [7, 11) is 4.02. The van der Waals surface area contributed by atoms with Gasteiger partial charge in [0.2, 0.25) is 11.9 Å². The predicted molar refractivity (Wildman–Crippen MR) is 217 cm³/mol. The second-order valence-electron chi connectivity index (χ2n) is 16.7. The third-order valence-corrected chi connectivity index (χ3v) is 11.1. The number of carbonyl (C=O) groups excluding carboxylic acids is 1. The third-order valence-electron chi connectivity index (χ3n) is 11.1. The van der Waals surface area contributed by atoms with Gasteiger partial charge < -0.3 is 24.6 Å². The highest BCUT2D eigenvalue weighted by atomic mass is 16.5. The molecule has 12 heteroatoms. The molecule has 0 saturated carbocycles. The lowest BCUT2D eigenvalue weighted by Crippen LogP contribution is -2.44. The summed E-state index contributed by atoms with van der Waals surface area (Å²) in [5.74, 6) is 3.32. The quantitative estimate of drug-likeness (QED) is 0.128. The number of amides is 1. The van der Waals surface area contributed by atoms with Crippen molar-refractivity contribution in [2.45, 2.75) is 116 Å². The molecule has 5 aromatic rings. The molecule has 1 fully saturated rings. The van der Waals surface area contributed by atoms with Crippen LogP contribution < -0.4 is 19.7 Å². The first-order valence-corrected chi connectivity index (χ1v) is 20.0. The van der Waals surface area contributed by atoms with Crippen LogP contribution in [0.4, 0.5) is 11.8 Å². The van der Waals surface area contributed by atoms with E-state index in [9.17, 15) is 4.79 Å². The number of nitrogens with zero attached hydrogens (tertiary/aromatic N) is 8. The Morgan fingerprint density at radius 1 is 0.945 bits per heavy atom. The number of piperidine rings is 1. The maximum Gasteiger partial charge on any atom is 0.232 e. The van der Waals surface area contributed by atoms with E-state index in [2.05, 4.69) is 99.8 Å². The van der Waals surface area contributed by atoms with E-state index < -0.39 is 0 Å². The van der Waals surface area contributed by atoms with Crippen LogP contribution >= 0.6 is 0 Å². The molecule has 4 aromatic heterocycles. The molecule has 5 heterocycles. The number of fused-ring (bicyclic) bond motifs is 2. The van der Waals surface area contributed by atoms with Crippen LogP contribution in [0, 0.1) is 0 Å². The first-order valence-electron chi connectivity index (χ1n) is 20.0. The summed E-state index contributed by atoms with van der Waals surface area (Å²) in [6.45, 7) is 12.2. The summed E-state index contributed by atoms with van der Waals surface area (Å²) >= 11 is 0. The normalized spacial score (nSPS) is 20.1. The number of nitrogens with one attached hydrogen (secondary N) is 1. The maximum atomic E-state index is 13.5. The van der Waals surface area contributed by atoms with Gasteiger partial charge in [0.25, 0.3) is 0 Å². The Kier molecular flexibility index (Phi) is 11.4. The first-order chi connectivity index (χ1) is 26.4. The van der Waals surface area contributed by atoms with Crippen LogP contribution in [-0.4, -0.2) is 79.5 Å². The average molecular weight is 748 g/mol. The van der Waals surface area contributed by atoms with Gasteiger partial charge in [-0.15, -0.1) is 10.2 Å². The van der Waals surface area contributed by atoms with Crippen molar-refractivity contribution in [3.63, 3.8) is 0 Å². The van der Waals surface area contributed by atoms with Gasteiger partial charge in [0, 0.05) is 42.6 Å². The summed E-state index contributed by atoms with van der Waals surface area (Å²) in [4.78, 5) is 22.4. The minimum Gasteiger partial charge on any atom is -0.491 e. The zero-order valence-electron chi connectivity index (χ0n) is 33.5. The molecule has 0 bridgehead atoms. The zero-order valence-corrected chi connectivity index (χ0v) is 33.5. The van der Waals surface area contributed by atoms with Crippen LogP contribution in [0.15, 0.2) is 67.1 Å². The summed E-state index contributed by atoms with van der Waals surface area (Å²) in [6.07, 6.45) is 13.0. The number of ether oxygens (including phenoxy) is 2. The number of rotatable bonds is 13. The van der Waals surface area contributed by atoms with Crippen molar-refractivity contribution in [1.29, 1.82) is 0 Å². The Balaban J connectivity index is 0.997. The fraction of sp³-hybridized carbons (Fsp3) is 0.512. The van der Waals surface area contributed by atoms with Crippen molar-refractivity contribution in [3.8, 4) is 17.2 Å². The Morgan fingerprint density at radius 2 is 1.73 bits per heavy atom. The van der Waals surface area contributed by atoms with Crippen LogP contribution in [0.3, 0.4) is 0 Å². The Hall–Kier alpha value is -4.97. The smallest absolute Gasteiger partial charge is 0.232 e. The highest BCUT2D eigenvalue weighted by Gasteiger charge is 2.31. The summed E-state index contributed by atoms with van der Waals surface area (Å²) < 4.78 is 16.5. The second kappa shape index (κ2) is 16.4. The molecule has 1 aliphatic carbocycles. The number of hydrogen-bond acceptors (Lipinski definition) is 9. The minimum atomic E-state index is -0.204. The Morgan fingerprint density at radius 3 is 2.49 bits per heavy atom. The molecule has 55 heavy (non-hydrogen) atoms. The number of likely N-dealkylation sites (N-methyl/N-ethyl adjacent to an activating group) is 1. The summed E-state index contributed by atoms with van der Waals surface area (Å²) in [5, 5.41) is 17.1. The molecule has 0 unspecified atom stereocenters. The second-order valence-corrected chi connectivity index (χ2v) is 16.7. The number of aromatic nitrogens is 6. The van der Waals surface area contributed by atoms with E-state index >= 15 is 0 Å². The van der Waals surface area contributed by atoms with Crippen molar-refractivity contribution >= 4 is 23.3 Å². The van der Waals surface area contributed by atoms with Crippen molar-refractivity contribution < 1.29 is 14.3 Å². The molecule has 4 atom stereocenters. The van der Waals surface area contributed by atoms with E-state index in [1.165, 1.54) is 17.5 Å². The summed E-state index contributed by atoms with van der Waals surface area (Å²) in [6, 6.07) is 17.4. The fourth-order valence-electron chi connectivity index (χ4n) is 8.04. The van der Waals surface area contributed by atoms with Gasteiger partial charge in [-0.2, -0.15) is 5.10 Å². The summed E-state index contributed by atoms with van der Waals surface area (Å²) in [5.41, 5.74) is 4.78. The number of benzene rings is 1. The molecule has 1 saturated heterocycles. The van der Waals surface area contributed by atoms with Gasteiger partial charge in [-0.25, -0.2) is 4.68 Å². The molecule has 1 aliphatic heterocycles. The van der Waals surface area contributed by atoms with E-state index in [-0.39, 0.29) is 17.4 Å². The van der Waals surface area contributed by atoms with Crippen LogP contribution in [0.2, 0.25) is 0 Å². The molecule has 292 valence electrons. The fourth-order valence-corrected chi connectivity index (χ4v) is 8.04. The first kappa shape index (κ1) is 38.3. The van der Waals surface area contributed by atoms with E-state index in [1.54, 1.807) is 17.1 Å². The van der Waals surface area contributed by atoms with Gasteiger partial charge in [0.15, 0.2) is 5.65 Å². The molecule has 1 N–H and O–H groups in total. The Labute approximate surface area is 325 Å². The maximum absolute atomic E-state index is 13.5. The predicted octanol–water partition coefficient (Wildman–Crippen LogP) is 8.12. The van der Waals surface area contributed by atoms with E-state index in [4.69, 9.17) is 14.6 Å². The molecule has 2 aliphatic rings. The van der Waals surface area contributed by atoms with Crippen molar-refractivity contribution in [1.82, 2.24) is 34.3 Å². The molecule has 0 radical (unpaired) electrons. The lowest BCUT2D eigenvalue weighted by Gasteiger charge is -2.39. The number of hydrogen-bond donors (Lipinski definition) is 1. The highest BCUT2D eigenvalue weighted by molar-refractivity contribution is 5.90. The average Bonchev–Trinajstić information content (AvgIpc) is 3.77. The molecular weight excluding hydrogens is 691 g/mol. The van der Waals surface area contributed by atoms with E-state index in [1.807, 2.05) is 38.4 Å². The molecule has 1 amide bonds. The van der Waals surface area contributed by atoms with Crippen molar-refractivity contribution in [3.05, 3.63) is 83.9 Å². The largest absolute Gasteiger partial charge is 0.491 e. The van der Waals surface area contributed by atoms with Crippen molar-refractivity contribution in [2.75, 3.05) is 37.5 Å². The number of pyridine rings is 2. The SMILES string of the molecule is C[C@@H]1CCC[C@H](C)N1c1nnc2ccc(O[C@@H]3CC[C@H](CCCC(=O)Nc4cc(C(C)(C)C)nn4-c4cncc(OCCN(C)C)c4)c4ccccc43)cn12. The van der Waals surface area contributed by atoms with Crippen LogP contribution in [0.25, 0.3) is 11.3 Å². The topological polar surface area (TPSA) is 115 Å². The van der Waals surface area contributed by atoms with Crippen LogP contribution in [-0.2, 0) is 10.2 Å². The zero-order chi connectivity index (χ0) is 38.7. The van der Waals surface area contributed by atoms with Crippen molar-refractivity contribution in [2.24, 2.45) is 0 Å². The monoisotopic (exact) mass is 747 g/mol. The molecule has 0 spiro atoms. The minimum absolute atomic E-state index is 0.0321. The number of anilines is 2.